The average Bonchev–Trinajstić information content (AvgIpc) is 3.14. The highest BCUT2D eigenvalue weighted by Crippen LogP contribution is 2.28. The first-order valence-corrected chi connectivity index (χ1v) is 11.9. The summed E-state index contributed by atoms with van der Waals surface area (Å²) in [6, 6.07) is 6.17. The van der Waals surface area contributed by atoms with Crippen LogP contribution in [0, 0.1) is 17.6 Å². The van der Waals surface area contributed by atoms with Gasteiger partial charge in [-0.05, 0) is 43.2 Å². The zero-order chi connectivity index (χ0) is 21.9. The Morgan fingerprint density at radius 1 is 1.23 bits per heavy atom. The van der Waals surface area contributed by atoms with Gasteiger partial charge in [0.2, 0.25) is 15.9 Å². The van der Waals surface area contributed by atoms with Gasteiger partial charge in [-0.15, -0.1) is 17.9 Å². The highest BCUT2D eigenvalue weighted by atomic mass is 35.5. The minimum Gasteiger partial charge on any atom is -0.334 e. The van der Waals surface area contributed by atoms with Gasteiger partial charge in [-0.3, -0.25) is 4.79 Å². The zero-order valence-electron chi connectivity index (χ0n) is 16.1. The number of hydrogen-bond donors (Lipinski definition) is 0. The lowest BCUT2D eigenvalue weighted by atomic mass is 9.96. The maximum atomic E-state index is 13.5. The zero-order valence-corrected chi connectivity index (χ0v) is 18.4. The van der Waals surface area contributed by atoms with Gasteiger partial charge in [0.25, 0.3) is 0 Å². The fourth-order valence-electron chi connectivity index (χ4n) is 3.40. The Morgan fingerprint density at radius 3 is 2.50 bits per heavy atom. The minimum absolute atomic E-state index is 0.0655. The monoisotopic (exact) mass is 474 g/mol. The van der Waals surface area contributed by atoms with E-state index in [2.05, 4.69) is 6.58 Å². The van der Waals surface area contributed by atoms with Crippen LogP contribution < -0.4 is 0 Å². The molecule has 5 nitrogen and oxygen atoms in total. The van der Waals surface area contributed by atoms with Crippen molar-refractivity contribution in [1.82, 2.24) is 9.21 Å². The topological polar surface area (TPSA) is 57.7 Å². The van der Waals surface area contributed by atoms with Crippen molar-refractivity contribution in [2.45, 2.75) is 24.3 Å². The van der Waals surface area contributed by atoms with Crippen molar-refractivity contribution >= 4 is 38.9 Å². The van der Waals surface area contributed by atoms with Crippen molar-refractivity contribution in [2.24, 2.45) is 5.92 Å². The van der Waals surface area contributed by atoms with E-state index in [1.54, 1.807) is 17.0 Å². The summed E-state index contributed by atoms with van der Waals surface area (Å²) in [5, 5.41) is 0. The van der Waals surface area contributed by atoms with Crippen LogP contribution >= 0.6 is 22.9 Å². The summed E-state index contributed by atoms with van der Waals surface area (Å²) >= 11 is 7.37. The lowest BCUT2D eigenvalue weighted by Crippen LogP contribution is -2.44. The van der Waals surface area contributed by atoms with Crippen LogP contribution in [0.4, 0.5) is 8.78 Å². The molecule has 1 aromatic heterocycles. The highest BCUT2D eigenvalue weighted by molar-refractivity contribution is 7.89. The molecule has 0 atom stereocenters. The van der Waals surface area contributed by atoms with E-state index in [4.69, 9.17) is 11.6 Å². The second kappa shape index (κ2) is 9.55. The van der Waals surface area contributed by atoms with E-state index in [1.165, 1.54) is 15.6 Å². The summed E-state index contributed by atoms with van der Waals surface area (Å²) in [5.74, 6) is -2.71. The number of halogens is 3. The van der Waals surface area contributed by atoms with Crippen molar-refractivity contribution in [3.63, 3.8) is 0 Å². The number of sulfonamides is 1. The molecule has 162 valence electrons. The smallest absolute Gasteiger partial charge is 0.243 e. The molecule has 10 heteroatoms. The largest absolute Gasteiger partial charge is 0.334 e. The van der Waals surface area contributed by atoms with Crippen molar-refractivity contribution in [2.75, 3.05) is 19.6 Å². The molecular formula is C20H21ClF2N2O3S2. The molecule has 1 saturated heterocycles. The fourth-order valence-corrected chi connectivity index (χ4v) is 5.99. The molecule has 3 rings (SSSR count). The maximum Gasteiger partial charge on any atom is 0.243 e. The van der Waals surface area contributed by atoms with Crippen LogP contribution in [-0.4, -0.2) is 43.2 Å². The van der Waals surface area contributed by atoms with E-state index in [1.807, 2.05) is 6.07 Å². The predicted molar refractivity (Wildman–Crippen MR) is 113 cm³/mol. The van der Waals surface area contributed by atoms with Gasteiger partial charge < -0.3 is 4.90 Å². The van der Waals surface area contributed by atoms with Gasteiger partial charge >= 0.3 is 0 Å². The van der Waals surface area contributed by atoms with Crippen molar-refractivity contribution in [1.29, 1.82) is 0 Å². The number of rotatable bonds is 7. The Balaban J connectivity index is 1.66. The third-order valence-electron chi connectivity index (χ3n) is 4.97. The van der Waals surface area contributed by atoms with Gasteiger partial charge in [-0.1, -0.05) is 17.7 Å². The Morgan fingerprint density at radius 2 is 1.93 bits per heavy atom. The van der Waals surface area contributed by atoms with Crippen LogP contribution in [0.3, 0.4) is 0 Å². The molecule has 1 aliphatic heterocycles. The number of nitrogens with zero attached hydrogens (tertiary/aromatic N) is 2. The predicted octanol–water partition coefficient (Wildman–Crippen LogP) is 4.30. The summed E-state index contributed by atoms with van der Waals surface area (Å²) in [7, 11) is -3.95. The van der Waals surface area contributed by atoms with Gasteiger partial charge in [0.05, 0.1) is 15.8 Å². The number of carbonyl (C=O) groups is 1. The van der Waals surface area contributed by atoms with Gasteiger partial charge in [-0.25, -0.2) is 17.2 Å². The van der Waals surface area contributed by atoms with Gasteiger partial charge in [0.15, 0.2) is 11.6 Å². The van der Waals surface area contributed by atoms with E-state index in [0.29, 0.717) is 36.3 Å². The Hall–Kier alpha value is -1.81. The van der Waals surface area contributed by atoms with Crippen molar-refractivity contribution in [3.8, 4) is 0 Å². The molecule has 0 unspecified atom stereocenters. The first kappa shape index (κ1) is 22.9. The van der Waals surface area contributed by atoms with Crippen LogP contribution in [0.25, 0.3) is 0 Å². The van der Waals surface area contributed by atoms with E-state index in [0.717, 1.165) is 17.0 Å². The number of carbonyl (C=O) groups excluding carboxylic acids is 1. The molecule has 0 bridgehead atoms. The molecule has 0 radical (unpaired) electrons. The average molecular weight is 475 g/mol. The Bertz CT molecular complexity index is 1030. The lowest BCUT2D eigenvalue weighted by molar-refractivity contribution is -0.136. The molecule has 1 aromatic carbocycles. The molecule has 0 aliphatic carbocycles. The SMILES string of the molecule is C=CCN(Cc1ccc(Cl)s1)C(=O)C1CCN(S(=O)(=O)c2ccc(F)c(F)c2)CC1. The quantitative estimate of drug-likeness (QED) is 0.562. The number of amides is 1. The second-order valence-electron chi connectivity index (χ2n) is 6.97. The normalized spacial score (nSPS) is 15.8. The number of thiophene rings is 1. The summed E-state index contributed by atoms with van der Waals surface area (Å²) in [4.78, 5) is 15.3. The summed E-state index contributed by atoms with van der Waals surface area (Å²) in [6.07, 6.45) is 2.34. The van der Waals surface area contributed by atoms with Crippen LogP contribution in [0.1, 0.15) is 17.7 Å². The van der Waals surface area contributed by atoms with Crippen molar-refractivity contribution < 1.29 is 22.0 Å². The first-order valence-electron chi connectivity index (χ1n) is 9.31. The van der Waals surface area contributed by atoms with Crippen LogP contribution in [0.2, 0.25) is 4.34 Å². The number of piperidine rings is 1. The Kier molecular flexibility index (Phi) is 7.28. The summed E-state index contributed by atoms with van der Waals surface area (Å²) in [5.41, 5.74) is 0. The molecule has 0 N–H and O–H groups in total. The molecule has 1 fully saturated rings. The minimum atomic E-state index is -3.95. The molecule has 0 saturated carbocycles. The first-order chi connectivity index (χ1) is 14.2. The van der Waals surface area contributed by atoms with Crippen molar-refractivity contribution in [3.05, 3.63) is 63.8 Å². The summed E-state index contributed by atoms with van der Waals surface area (Å²) < 4.78 is 53.9. The molecule has 30 heavy (non-hydrogen) atoms. The lowest BCUT2D eigenvalue weighted by Gasteiger charge is -2.33. The third kappa shape index (κ3) is 5.08. The molecule has 1 aliphatic rings. The molecule has 2 aromatic rings. The summed E-state index contributed by atoms with van der Waals surface area (Å²) in [6.45, 7) is 4.75. The molecule has 2 heterocycles. The van der Waals surface area contributed by atoms with E-state index in [9.17, 15) is 22.0 Å². The Labute approximate surface area is 183 Å². The standard InChI is InChI=1S/C20H21ClF2N2O3S2/c1-2-9-24(13-15-3-6-19(21)29-15)20(26)14-7-10-25(11-8-14)30(27,28)16-4-5-17(22)18(23)12-16/h2-6,12,14H,1,7-11,13H2. The van der Waals surface area contributed by atoms with E-state index >= 15 is 0 Å². The fraction of sp³-hybridized carbons (Fsp3) is 0.350. The van der Waals surface area contributed by atoms with Crippen LogP contribution in [0.15, 0.2) is 47.9 Å². The molecular weight excluding hydrogens is 454 g/mol. The molecule has 0 spiro atoms. The molecule has 1 amide bonds. The number of benzene rings is 1. The van der Waals surface area contributed by atoms with Gasteiger partial charge in [0, 0.05) is 30.4 Å². The van der Waals surface area contributed by atoms with Crippen LogP contribution in [-0.2, 0) is 21.4 Å². The van der Waals surface area contributed by atoms with Crippen LogP contribution in [0.5, 0.6) is 0 Å². The maximum absolute atomic E-state index is 13.5. The third-order valence-corrected chi connectivity index (χ3v) is 8.08. The van der Waals surface area contributed by atoms with Gasteiger partial charge in [-0.2, -0.15) is 4.31 Å². The van der Waals surface area contributed by atoms with Gasteiger partial charge in [0.1, 0.15) is 0 Å². The van der Waals surface area contributed by atoms with E-state index in [-0.39, 0.29) is 29.8 Å². The highest BCUT2D eigenvalue weighted by Gasteiger charge is 2.34. The number of hydrogen-bond acceptors (Lipinski definition) is 4. The van der Waals surface area contributed by atoms with E-state index < -0.39 is 21.7 Å². The second-order valence-corrected chi connectivity index (χ2v) is 10.7.